The predicted molar refractivity (Wildman–Crippen MR) is 96.2 cm³/mol. The van der Waals surface area contributed by atoms with Gasteiger partial charge in [0, 0.05) is 24.9 Å². The maximum absolute atomic E-state index is 5.17. The van der Waals surface area contributed by atoms with E-state index in [-0.39, 0.29) is 0 Å². The number of hydrogen-bond donors (Lipinski definition) is 2. The maximum Gasteiger partial charge on any atom is 0.191 e. The average Bonchev–Trinajstić information content (AvgIpc) is 2.98. The molecule has 5 heteroatoms. The highest BCUT2D eigenvalue weighted by Gasteiger charge is 2.29. The molecule has 1 unspecified atom stereocenters. The summed E-state index contributed by atoms with van der Waals surface area (Å²) in [6.07, 6.45) is 3.58. The molecule has 1 aromatic carbocycles. The first-order valence-electron chi connectivity index (χ1n) is 7.87. The minimum absolute atomic E-state index is 0.355. The van der Waals surface area contributed by atoms with Crippen LogP contribution in [0.15, 0.2) is 29.3 Å². The summed E-state index contributed by atoms with van der Waals surface area (Å²) in [4.78, 5) is 4.30. The van der Waals surface area contributed by atoms with Crippen molar-refractivity contribution >= 4 is 17.7 Å². The van der Waals surface area contributed by atoms with Crippen LogP contribution in [0, 0.1) is 0 Å². The number of rotatable bonds is 6. The third-order valence-corrected chi connectivity index (χ3v) is 5.56. The first kappa shape index (κ1) is 17.0. The molecule has 22 heavy (non-hydrogen) atoms. The molecule has 0 saturated carbocycles. The fraction of sp³-hybridized carbons (Fsp3) is 0.588. The molecule has 0 radical (unpaired) electrons. The van der Waals surface area contributed by atoms with Gasteiger partial charge >= 0.3 is 0 Å². The van der Waals surface area contributed by atoms with Crippen LogP contribution in [0.2, 0.25) is 0 Å². The van der Waals surface area contributed by atoms with Gasteiger partial charge in [0.25, 0.3) is 0 Å². The first-order chi connectivity index (χ1) is 10.6. The number of nitrogens with one attached hydrogen (secondary N) is 2. The van der Waals surface area contributed by atoms with Gasteiger partial charge in [0.2, 0.25) is 0 Å². The minimum atomic E-state index is 0.355. The van der Waals surface area contributed by atoms with Crippen molar-refractivity contribution in [2.45, 2.75) is 30.9 Å². The van der Waals surface area contributed by atoms with Crippen molar-refractivity contribution in [2.75, 3.05) is 33.0 Å². The normalized spacial score (nSPS) is 21.7. The Kier molecular flexibility index (Phi) is 6.43. The second-order valence-electron chi connectivity index (χ2n) is 5.85. The maximum atomic E-state index is 5.17. The van der Waals surface area contributed by atoms with E-state index in [0.29, 0.717) is 4.75 Å². The fourth-order valence-corrected chi connectivity index (χ4v) is 3.83. The summed E-state index contributed by atoms with van der Waals surface area (Å²) in [7, 11) is 3.52. The molecule has 1 fully saturated rings. The van der Waals surface area contributed by atoms with Gasteiger partial charge in [-0.3, -0.25) is 4.99 Å². The van der Waals surface area contributed by atoms with Gasteiger partial charge in [-0.2, -0.15) is 11.8 Å². The highest BCUT2D eigenvalue weighted by molar-refractivity contribution is 8.00. The largest absolute Gasteiger partial charge is 0.497 e. The van der Waals surface area contributed by atoms with Gasteiger partial charge in [-0.05, 0) is 49.6 Å². The zero-order chi connectivity index (χ0) is 15.8. The van der Waals surface area contributed by atoms with E-state index in [9.17, 15) is 0 Å². The highest BCUT2D eigenvalue weighted by atomic mass is 32.2. The van der Waals surface area contributed by atoms with Crippen LogP contribution >= 0.6 is 11.8 Å². The molecule has 0 aromatic heterocycles. The average molecular weight is 321 g/mol. The SMILES string of the molecule is CN=C(NCCc1ccc(OC)cc1)NCC1(C)CCCS1. The number of thioether (sulfide) groups is 1. The Morgan fingerprint density at radius 2 is 2.09 bits per heavy atom. The summed E-state index contributed by atoms with van der Waals surface area (Å²) < 4.78 is 5.53. The van der Waals surface area contributed by atoms with Crippen LogP contribution in [0.25, 0.3) is 0 Å². The van der Waals surface area contributed by atoms with E-state index in [2.05, 4.69) is 46.4 Å². The molecule has 2 N–H and O–H groups in total. The monoisotopic (exact) mass is 321 g/mol. The van der Waals surface area contributed by atoms with Crippen LogP contribution in [0.4, 0.5) is 0 Å². The third kappa shape index (κ3) is 5.13. The van der Waals surface area contributed by atoms with E-state index in [1.807, 2.05) is 19.2 Å². The van der Waals surface area contributed by atoms with E-state index in [4.69, 9.17) is 4.74 Å². The smallest absolute Gasteiger partial charge is 0.191 e. The van der Waals surface area contributed by atoms with Crippen molar-refractivity contribution < 1.29 is 4.74 Å². The molecule has 1 heterocycles. The third-order valence-electron chi connectivity index (χ3n) is 4.02. The molecule has 1 aliphatic heterocycles. The van der Waals surface area contributed by atoms with Crippen LogP contribution in [-0.2, 0) is 6.42 Å². The summed E-state index contributed by atoms with van der Waals surface area (Å²) in [6.45, 7) is 4.18. The van der Waals surface area contributed by atoms with Gasteiger partial charge in [0.1, 0.15) is 5.75 Å². The van der Waals surface area contributed by atoms with Crippen LogP contribution in [-0.4, -0.2) is 43.7 Å². The zero-order valence-electron chi connectivity index (χ0n) is 13.8. The Balaban J connectivity index is 1.71. The number of methoxy groups -OCH3 is 1. The fourth-order valence-electron chi connectivity index (χ4n) is 2.59. The summed E-state index contributed by atoms with van der Waals surface area (Å²) in [5, 5.41) is 6.84. The molecule has 2 rings (SSSR count). The molecule has 0 bridgehead atoms. The number of guanidine groups is 1. The molecule has 0 spiro atoms. The van der Waals surface area contributed by atoms with Gasteiger partial charge in [0.05, 0.1) is 7.11 Å². The predicted octanol–water partition coefficient (Wildman–Crippen LogP) is 2.69. The van der Waals surface area contributed by atoms with Gasteiger partial charge in [-0.15, -0.1) is 0 Å². The molecule has 1 aliphatic rings. The van der Waals surface area contributed by atoms with Crippen molar-refractivity contribution in [2.24, 2.45) is 4.99 Å². The standard InChI is InChI=1S/C17H27N3OS/c1-17(10-4-12-22-17)13-20-16(18-2)19-11-9-14-5-7-15(21-3)8-6-14/h5-8H,4,9-13H2,1-3H3,(H2,18,19,20). The van der Waals surface area contributed by atoms with Crippen LogP contribution in [0.3, 0.4) is 0 Å². The van der Waals surface area contributed by atoms with Crippen molar-refractivity contribution in [3.63, 3.8) is 0 Å². The lowest BCUT2D eigenvalue weighted by atomic mass is 10.1. The molecular weight excluding hydrogens is 294 g/mol. The van der Waals surface area contributed by atoms with E-state index in [0.717, 1.165) is 31.2 Å². The van der Waals surface area contributed by atoms with Gasteiger partial charge < -0.3 is 15.4 Å². The van der Waals surface area contributed by atoms with Crippen molar-refractivity contribution in [3.8, 4) is 5.75 Å². The molecule has 1 atom stereocenters. The Bertz CT molecular complexity index is 481. The van der Waals surface area contributed by atoms with Gasteiger partial charge in [-0.25, -0.2) is 0 Å². The Labute approximate surface area is 138 Å². The van der Waals surface area contributed by atoms with Crippen LogP contribution in [0.5, 0.6) is 5.75 Å². The lowest BCUT2D eigenvalue weighted by Crippen LogP contribution is -2.44. The molecule has 1 saturated heterocycles. The molecule has 0 amide bonds. The van der Waals surface area contributed by atoms with Crippen molar-refractivity contribution in [1.82, 2.24) is 10.6 Å². The van der Waals surface area contributed by atoms with E-state index in [1.54, 1.807) is 7.11 Å². The van der Waals surface area contributed by atoms with E-state index >= 15 is 0 Å². The Hall–Kier alpha value is -1.36. The second-order valence-corrected chi connectivity index (χ2v) is 7.54. The first-order valence-corrected chi connectivity index (χ1v) is 8.85. The summed E-state index contributed by atoms with van der Waals surface area (Å²) >= 11 is 2.06. The summed E-state index contributed by atoms with van der Waals surface area (Å²) in [5.74, 6) is 3.07. The molecular formula is C17H27N3OS. The van der Waals surface area contributed by atoms with Crippen molar-refractivity contribution in [3.05, 3.63) is 29.8 Å². The zero-order valence-corrected chi connectivity index (χ0v) is 14.6. The Morgan fingerprint density at radius 1 is 1.32 bits per heavy atom. The lowest BCUT2D eigenvalue weighted by molar-refractivity contribution is 0.414. The van der Waals surface area contributed by atoms with Gasteiger partial charge in [0.15, 0.2) is 5.96 Å². The topological polar surface area (TPSA) is 45.7 Å². The van der Waals surface area contributed by atoms with E-state index in [1.165, 1.54) is 24.2 Å². The lowest BCUT2D eigenvalue weighted by Gasteiger charge is -2.24. The summed E-state index contributed by atoms with van der Waals surface area (Å²) in [5.41, 5.74) is 1.29. The van der Waals surface area contributed by atoms with Crippen LogP contribution in [0.1, 0.15) is 25.3 Å². The quantitative estimate of drug-likeness (QED) is 0.625. The van der Waals surface area contributed by atoms with Crippen LogP contribution < -0.4 is 15.4 Å². The number of ether oxygens (including phenoxy) is 1. The number of hydrogen-bond acceptors (Lipinski definition) is 3. The highest BCUT2D eigenvalue weighted by Crippen LogP contribution is 2.36. The molecule has 122 valence electrons. The number of nitrogens with zero attached hydrogens (tertiary/aromatic N) is 1. The molecule has 0 aliphatic carbocycles. The number of benzene rings is 1. The van der Waals surface area contributed by atoms with E-state index < -0.39 is 0 Å². The number of aliphatic imine (C=N–C) groups is 1. The van der Waals surface area contributed by atoms with Crippen molar-refractivity contribution in [1.29, 1.82) is 0 Å². The summed E-state index contributed by atoms with van der Waals surface area (Å²) in [6, 6.07) is 8.21. The molecule has 4 nitrogen and oxygen atoms in total. The molecule has 1 aromatic rings. The minimum Gasteiger partial charge on any atom is -0.497 e. The van der Waals surface area contributed by atoms with Gasteiger partial charge in [-0.1, -0.05) is 12.1 Å². The Morgan fingerprint density at radius 3 is 2.68 bits per heavy atom. The second kappa shape index (κ2) is 8.32.